The number of carbonyl (C=O) groups is 3. The van der Waals surface area contributed by atoms with Crippen molar-refractivity contribution in [1.82, 2.24) is 0 Å². The van der Waals surface area contributed by atoms with Gasteiger partial charge in [-0.2, -0.15) is 0 Å². The monoisotopic (exact) mass is 399 g/mol. The summed E-state index contributed by atoms with van der Waals surface area (Å²) in [7, 11) is 0. The van der Waals surface area contributed by atoms with Gasteiger partial charge in [0, 0.05) is 5.92 Å². The van der Waals surface area contributed by atoms with Crippen molar-refractivity contribution in [2.75, 3.05) is 6.61 Å². The summed E-state index contributed by atoms with van der Waals surface area (Å²) in [5, 5.41) is 19.4. The molecule has 6 heteroatoms. The fraction of sp³-hybridized carbons (Fsp3) is 0.682. The zero-order chi connectivity index (χ0) is 23.2. The predicted octanol–water partition coefficient (Wildman–Crippen LogP) is 3.99. The van der Waals surface area contributed by atoms with Crippen LogP contribution in [0.25, 0.3) is 0 Å². The Labute approximate surface area is 170 Å². The number of ether oxygens (including phenoxy) is 1. The Balaban J connectivity index is -0.000000376. The molecule has 0 heterocycles. The van der Waals surface area contributed by atoms with Crippen LogP contribution >= 0.6 is 0 Å². The minimum atomic E-state index is -0.741. The minimum absolute atomic E-state index is 0.0345. The molecule has 0 amide bonds. The van der Waals surface area contributed by atoms with Crippen LogP contribution in [-0.4, -0.2) is 29.4 Å². The van der Waals surface area contributed by atoms with E-state index in [4.69, 9.17) is 9.84 Å². The molecule has 0 radical (unpaired) electrons. The van der Waals surface area contributed by atoms with Crippen molar-refractivity contribution in [2.24, 2.45) is 23.7 Å². The Kier molecular flexibility index (Phi) is 17.4. The predicted molar refractivity (Wildman–Crippen MR) is 110 cm³/mol. The first-order chi connectivity index (χ1) is 12.6. The molecule has 0 aliphatic rings. The molecule has 0 saturated carbocycles. The summed E-state index contributed by atoms with van der Waals surface area (Å²) in [4.78, 5) is 31.5. The molecule has 0 spiro atoms. The molecule has 0 saturated heterocycles. The molecule has 0 aliphatic carbocycles. The van der Waals surface area contributed by atoms with Crippen molar-refractivity contribution in [3.8, 4) is 0 Å². The zero-order valence-corrected chi connectivity index (χ0v) is 19.2. The van der Waals surface area contributed by atoms with Crippen LogP contribution in [0.4, 0.5) is 0 Å². The van der Waals surface area contributed by atoms with Gasteiger partial charge < -0.3 is 14.9 Å². The van der Waals surface area contributed by atoms with Gasteiger partial charge in [-0.1, -0.05) is 62.0 Å². The summed E-state index contributed by atoms with van der Waals surface area (Å²) in [5.41, 5.74) is 1.26. The molecular weight excluding hydrogens is 360 g/mol. The number of ketones is 1. The number of esters is 1. The third-order valence-corrected chi connectivity index (χ3v) is 3.29. The second-order valence-corrected chi connectivity index (χ2v) is 7.85. The van der Waals surface area contributed by atoms with Gasteiger partial charge in [0.05, 0.1) is 11.8 Å². The number of aliphatic carboxylic acids is 1. The van der Waals surface area contributed by atoms with E-state index in [1.54, 1.807) is 41.5 Å². The molecule has 0 atom stereocenters. The first-order valence-corrected chi connectivity index (χ1v) is 9.51. The molecular formula is C22H39O6-. The van der Waals surface area contributed by atoms with E-state index in [1.165, 1.54) is 0 Å². The number of carboxylic acids is 1. The normalized spacial score (nSPS) is 11.2. The first-order valence-electron chi connectivity index (χ1n) is 9.51. The van der Waals surface area contributed by atoms with Crippen LogP contribution in [0.2, 0.25) is 0 Å². The van der Waals surface area contributed by atoms with Crippen LogP contribution in [0, 0.1) is 23.7 Å². The Bertz CT molecular complexity index is 539. The molecule has 0 aromatic carbocycles. The number of hydrogen-bond acceptors (Lipinski definition) is 5. The standard InChI is InChI=1S/C11H20O3.C7H12O.C4H8O2/c1-7(2)10(12)9(5)6-14-11(13)8(3)4;1-5(2)7(8)6(3)4;1-3(2)4(5)6/h7-8,12H,6H2,1-5H3;6H,1H2,2-4H3;3H,1-2H3,(H,5,6)/p-1/b10-9-;;. The van der Waals surface area contributed by atoms with Crippen LogP contribution in [0.1, 0.15) is 69.2 Å². The minimum Gasteiger partial charge on any atom is -0.875 e. The maximum absolute atomic E-state index is 11.4. The van der Waals surface area contributed by atoms with Crippen molar-refractivity contribution in [3.63, 3.8) is 0 Å². The molecule has 0 bridgehead atoms. The topological polar surface area (TPSA) is 104 Å². The lowest BCUT2D eigenvalue weighted by Crippen LogP contribution is -2.18. The van der Waals surface area contributed by atoms with Gasteiger partial charge in [0.15, 0.2) is 5.78 Å². The SMILES string of the molecule is C/C(COC(=O)C(C)C)=C(/[O-])C(C)C.C=C(C)C(=O)C(C)C.CC(C)C(=O)O. The summed E-state index contributed by atoms with van der Waals surface area (Å²) in [6, 6.07) is 0. The Hall–Kier alpha value is -2.11. The number of allylic oxidation sites excluding steroid dienone is 2. The first kappa shape index (κ1) is 30.6. The van der Waals surface area contributed by atoms with E-state index in [0.29, 0.717) is 11.1 Å². The van der Waals surface area contributed by atoms with Gasteiger partial charge in [-0.25, -0.2) is 0 Å². The maximum atomic E-state index is 11.4. The van der Waals surface area contributed by atoms with Gasteiger partial charge in [0.2, 0.25) is 0 Å². The summed E-state index contributed by atoms with van der Waals surface area (Å²) in [5.74, 6) is -1.09. The number of carboxylic acid groups (broad SMARTS) is 1. The number of rotatable bonds is 7. The molecule has 0 fully saturated rings. The Morgan fingerprint density at radius 3 is 1.43 bits per heavy atom. The highest BCUT2D eigenvalue weighted by atomic mass is 16.5. The smallest absolute Gasteiger partial charge is 0.308 e. The van der Waals surface area contributed by atoms with Crippen LogP contribution in [0.3, 0.4) is 0 Å². The molecule has 0 unspecified atom stereocenters. The third-order valence-electron chi connectivity index (χ3n) is 3.29. The molecule has 28 heavy (non-hydrogen) atoms. The molecule has 1 N–H and O–H groups in total. The molecule has 0 aromatic heterocycles. The molecule has 6 nitrogen and oxygen atoms in total. The van der Waals surface area contributed by atoms with E-state index in [-0.39, 0.29) is 47.8 Å². The van der Waals surface area contributed by atoms with Gasteiger partial charge in [-0.05, 0) is 30.9 Å². The van der Waals surface area contributed by atoms with Crippen LogP contribution in [-0.2, 0) is 19.1 Å². The average molecular weight is 400 g/mol. The summed E-state index contributed by atoms with van der Waals surface area (Å²) < 4.78 is 4.94. The highest BCUT2D eigenvalue weighted by molar-refractivity contribution is 5.95. The lowest BCUT2D eigenvalue weighted by molar-refractivity contribution is -0.315. The fourth-order valence-corrected chi connectivity index (χ4v) is 1.40. The number of hydrogen-bond donors (Lipinski definition) is 1. The number of carbonyl (C=O) groups excluding carboxylic acids is 2. The van der Waals surface area contributed by atoms with E-state index >= 15 is 0 Å². The van der Waals surface area contributed by atoms with E-state index in [0.717, 1.165) is 0 Å². The zero-order valence-electron chi connectivity index (χ0n) is 19.2. The molecule has 0 aliphatic heterocycles. The van der Waals surface area contributed by atoms with E-state index in [2.05, 4.69) is 6.58 Å². The second-order valence-electron chi connectivity index (χ2n) is 7.85. The quantitative estimate of drug-likeness (QED) is 0.394. The highest BCUT2D eigenvalue weighted by Crippen LogP contribution is 2.09. The largest absolute Gasteiger partial charge is 0.875 e. The van der Waals surface area contributed by atoms with Gasteiger partial charge in [0.25, 0.3) is 0 Å². The Morgan fingerprint density at radius 2 is 1.25 bits per heavy atom. The van der Waals surface area contributed by atoms with Gasteiger partial charge in [0.1, 0.15) is 6.61 Å². The van der Waals surface area contributed by atoms with Crippen molar-refractivity contribution in [2.45, 2.75) is 69.2 Å². The van der Waals surface area contributed by atoms with Crippen LogP contribution in [0.5, 0.6) is 0 Å². The molecule has 0 rings (SSSR count). The van der Waals surface area contributed by atoms with E-state index in [9.17, 15) is 19.5 Å². The lowest BCUT2D eigenvalue weighted by atomic mass is 10.0. The fourth-order valence-electron chi connectivity index (χ4n) is 1.40. The average Bonchev–Trinajstić information content (AvgIpc) is 2.58. The second kappa shape index (κ2) is 15.9. The summed E-state index contributed by atoms with van der Waals surface area (Å²) >= 11 is 0. The molecule has 0 aromatic rings. The third kappa shape index (κ3) is 17.3. The van der Waals surface area contributed by atoms with Gasteiger partial charge >= 0.3 is 11.9 Å². The Morgan fingerprint density at radius 1 is 0.857 bits per heavy atom. The summed E-state index contributed by atoms with van der Waals surface area (Å²) in [6.45, 7) is 21.3. The van der Waals surface area contributed by atoms with Crippen molar-refractivity contribution >= 4 is 17.7 Å². The van der Waals surface area contributed by atoms with Crippen LogP contribution in [0.15, 0.2) is 23.5 Å². The van der Waals surface area contributed by atoms with Gasteiger partial charge in [-0.3, -0.25) is 14.4 Å². The summed E-state index contributed by atoms with van der Waals surface area (Å²) in [6.07, 6.45) is 0. The highest BCUT2D eigenvalue weighted by Gasteiger charge is 2.08. The lowest BCUT2D eigenvalue weighted by Gasteiger charge is -2.20. The van der Waals surface area contributed by atoms with Crippen molar-refractivity contribution in [3.05, 3.63) is 23.5 Å². The maximum Gasteiger partial charge on any atom is 0.308 e. The van der Waals surface area contributed by atoms with E-state index < -0.39 is 5.97 Å². The van der Waals surface area contributed by atoms with Crippen molar-refractivity contribution < 1.29 is 29.3 Å². The van der Waals surface area contributed by atoms with E-state index in [1.807, 2.05) is 27.7 Å². The van der Waals surface area contributed by atoms with Gasteiger partial charge in [-0.15, -0.1) is 5.76 Å². The van der Waals surface area contributed by atoms with Crippen molar-refractivity contribution in [1.29, 1.82) is 0 Å². The number of Topliss-reactive ketones (excluding diaryl/α,β-unsaturated/α-hetero) is 1. The molecule has 164 valence electrons. The van der Waals surface area contributed by atoms with Crippen LogP contribution < -0.4 is 5.11 Å².